The number of nitrogens with zero attached hydrogens (tertiary/aromatic N) is 2. The molecule has 0 saturated carbocycles. The SMILES string of the molecule is CC(C/C=N/O[Si](C)(C)C)[N+](=O)[O-]. The number of hydrogen-bond donors (Lipinski definition) is 0. The fourth-order valence-corrected chi connectivity index (χ4v) is 0.868. The molecule has 0 saturated heterocycles. The largest absolute Gasteiger partial charge is 0.456 e. The highest BCUT2D eigenvalue weighted by Gasteiger charge is 2.15. The zero-order chi connectivity index (χ0) is 10.5. The summed E-state index contributed by atoms with van der Waals surface area (Å²) in [6.45, 7) is 7.55. The van der Waals surface area contributed by atoms with Crippen LogP contribution in [0.2, 0.25) is 19.6 Å². The molecule has 0 aliphatic heterocycles. The number of rotatable bonds is 5. The Morgan fingerprint density at radius 3 is 2.54 bits per heavy atom. The van der Waals surface area contributed by atoms with Crippen LogP contribution in [-0.4, -0.2) is 25.5 Å². The Labute approximate surface area is 79.0 Å². The number of nitro groups is 1. The second kappa shape index (κ2) is 4.96. The third-order valence-corrected chi connectivity index (χ3v) is 1.86. The molecular weight excluding hydrogens is 188 g/mol. The van der Waals surface area contributed by atoms with Crippen LogP contribution in [0.15, 0.2) is 5.16 Å². The Hall–Kier alpha value is -0.913. The maximum atomic E-state index is 10.2. The zero-order valence-electron chi connectivity index (χ0n) is 8.48. The first-order valence-electron chi connectivity index (χ1n) is 4.16. The quantitative estimate of drug-likeness (QED) is 0.297. The van der Waals surface area contributed by atoms with Gasteiger partial charge in [-0.05, 0) is 19.6 Å². The Morgan fingerprint density at radius 1 is 1.62 bits per heavy atom. The fraction of sp³-hybridized carbons (Fsp3) is 0.857. The van der Waals surface area contributed by atoms with Crippen molar-refractivity contribution in [3.63, 3.8) is 0 Å². The summed E-state index contributed by atoms with van der Waals surface area (Å²) in [7, 11) is -1.62. The first-order valence-corrected chi connectivity index (χ1v) is 7.57. The van der Waals surface area contributed by atoms with Gasteiger partial charge in [-0.25, -0.2) is 0 Å². The molecule has 0 bridgehead atoms. The summed E-state index contributed by atoms with van der Waals surface area (Å²) in [6, 6.07) is -0.589. The first-order chi connectivity index (χ1) is 5.83. The van der Waals surface area contributed by atoms with Gasteiger partial charge in [0.2, 0.25) is 6.04 Å². The van der Waals surface area contributed by atoms with Gasteiger partial charge in [0.1, 0.15) is 0 Å². The predicted molar refractivity (Wildman–Crippen MR) is 54.0 cm³/mol. The van der Waals surface area contributed by atoms with Crippen molar-refractivity contribution >= 4 is 14.5 Å². The summed E-state index contributed by atoms with van der Waals surface area (Å²) < 4.78 is 5.15. The van der Waals surface area contributed by atoms with Crippen molar-refractivity contribution in [2.45, 2.75) is 39.0 Å². The summed E-state index contributed by atoms with van der Waals surface area (Å²) in [5.74, 6) is 0. The van der Waals surface area contributed by atoms with Crippen LogP contribution in [-0.2, 0) is 4.53 Å². The van der Waals surface area contributed by atoms with Crippen molar-refractivity contribution in [3.8, 4) is 0 Å². The third-order valence-electron chi connectivity index (χ3n) is 1.21. The lowest BCUT2D eigenvalue weighted by Crippen LogP contribution is -2.22. The van der Waals surface area contributed by atoms with Gasteiger partial charge in [-0.2, -0.15) is 0 Å². The highest BCUT2D eigenvalue weighted by atomic mass is 28.4. The van der Waals surface area contributed by atoms with Crippen LogP contribution < -0.4 is 0 Å². The van der Waals surface area contributed by atoms with Gasteiger partial charge in [0, 0.05) is 18.1 Å². The van der Waals surface area contributed by atoms with Gasteiger partial charge in [-0.1, -0.05) is 0 Å². The molecule has 1 unspecified atom stereocenters. The molecule has 13 heavy (non-hydrogen) atoms. The first kappa shape index (κ1) is 12.1. The summed E-state index contributed by atoms with van der Waals surface area (Å²) in [4.78, 5) is 9.87. The molecule has 0 spiro atoms. The maximum Gasteiger partial charge on any atom is 0.278 e. The molecule has 5 nitrogen and oxygen atoms in total. The second-order valence-corrected chi connectivity index (χ2v) is 8.27. The van der Waals surface area contributed by atoms with Crippen LogP contribution in [0.4, 0.5) is 0 Å². The van der Waals surface area contributed by atoms with Gasteiger partial charge in [0.15, 0.2) is 0 Å². The molecule has 6 heteroatoms. The van der Waals surface area contributed by atoms with E-state index in [1.807, 2.05) is 19.6 Å². The Balaban J connectivity index is 3.70. The molecule has 0 aliphatic rings. The summed E-state index contributed by atoms with van der Waals surface area (Å²) in [5, 5.41) is 13.9. The molecule has 0 aromatic carbocycles. The summed E-state index contributed by atoms with van der Waals surface area (Å²) in [6.07, 6.45) is 1.78. The third kappa shape index (κ3) is 7.45. The van der Waals surface area contributed by atoms with E-state index in [4.69, 9.17) is 4.53 Å². The van der Waals surface area contributed by atoms with E-state index in [0.29, 0.717) is 6.42 Å². The Morgan fingerprint density at radius 2 is 2.15 bits per heavy atom. The molecule has 0 fully saturated rings. The second-order valence-electron chi connectivity index (χ2n) is 3.86. The van der Waals surface area contributed by atoms with Gasteiger partial charge in [-0.15, -0.1) is 5.16 Å². The summed E-state index contributed by atoms with van der Waals surface area (Å²) in [5.41, 5.74) is 0. The number of hydrogen-bond acceptors (Lipinski definition) is 4. The molecule has 0 aliphatic carbocycles. The predicted octanol–water partition coefficient (Wildman–Crippen LogP) is 1.88. The smallest absolute Gasteiger partial charge is 0.278 e. The zero-order valence-corrected chi connectivity index (χ0v) is 9.48. The van der Waals surface area contributed by atoms with Crippen LogP contribution in [0.1, 0.15) is 13.3 Å². The molecule has 0 amide bonds. The number of oxime groups is 1. The molecule has 76 valence electrons. The molecule has 0 radical (unpaired) electrons. The molecular formula is C7H16N2O3Si. The van der Waals surface area contributed by atoms with Gasteiger partial charge in [0.05, 0.1) is 6.42 Å². The van der Waals surface area contributed by atoms with Crippen molar-refractivity contribution in [2.24, 2.45) is 5.16 Å². The molecule has 1 atom stereocenters. The molecule has 0 aromatic rings. The molecule has 0 aromatic heterocycles. The molecule has 0 rings (SSSR count). The lowest BCUT2D eigenvalue weighted by Gasteiger charge is -2.11. The van der Waals surface area contributed by atoms with Crippen molar-refractivity contribution in [3.05, 3.63) is 10.1 Å². The van der Waals surface area contributed by atoms with E-state index in [9.17, 15) is 10.1 Å². The standard InChI is InChI=1S/C7H16N2O3Si/c1-7(9(10)11)5-6-8-12-13(2,3)4/h6-7H,5H2,1-4H3/b8-6+. The highest BCUT2D eigenvalue weighted by Crippen LogP contribution is 2.02. The Kier molecular flexibility index (Phi) is 4.61. The summed E-state index contributed by atoms with van der Waals surface area (Å²) >= 11 is 0. The maximum absolute atomic E-state index is 10.2. The lowest BCUT2D eigenvalue weighted by molar-refractivity contribution is -0.516. The van der Waals surface area contributed by atoms with Gasteiger partial charge >= 0.3 is 0 Å². The van der Waals surface area contributed by atoms with E-state index in [2.05, 4.69) is 5.16 Å². The van der Waals surface area contributed by atoms with E-state index in [1.54, 1.807) is 6.92 Å². The van der Waals surface area contributed by atoms with E-state index < -0.39 is 14.4 Å². The van der Waals surface area contributed by atoms with Gasteiger partial charge in [-0.3, -0.25) is 10.1 Å². The van der Waals surface area contributed by atoms with Crippen LogP contribution in [0.5, 0.6) is 0 Å². The highest BCUT2D eigenvalue weighted by molar-refractivity contribution is 6.69. The molecule has 0 N–H and O–H groups in total. The van der Waals surface area contributed by atoms with E-state index in [1.165, 1.54) is 6.21 Å². The normalized spacial score (nSPS) is 14.5. The monoisotopic (exact) mass is 204 g/mol. The van der Waals surface area contributed by atoms with Crippen molar-refractivity contribution in [1.82, 2.24) is 0 Å². The van der Waals surface area contributed by atoms with Crippen molar-refractivity contribution < 1.29 is 9.45 Å². The Bertz CT molecular complexity index is 200. The van der Waals surface area contributed by atoms with Gasteiger partial charge < -0.3 is 4.53 Å². The molecule has 0 heterocycles. The minimum Gasteiger partial charge on any atom is -0.456 e. The van der Waals surface area contributed by atoms with E-state index >= 15 is 0 Å². The minimum atomic E-state index is -1.62. The topological polar surface area (TPSA) is 64.7 Å². The average Bonchev–Trinajstić information content (AvgIpc) is 1.95. The fourth-order valence-electron chi connectivity index (χ4n) is 0.477. The van der Waals surface area contributed by atoms with Gasteiger partial charge in [0.25, 0.3) is 8.32 Å². The van der Waals surface area contributed by atoms with Crippen LogP contribution in [0.25, 0.3) is 0 Å². The van der Waals surface area contributed by atoms with Crippen LogP contribution in [0, 0.1) is 10.1 Å². The minimum absolute atomic E-state index is 0.317. The van der Waals surface area contributed by atoms with Crippen molar-refractivity contribution in [2.75, 3.05) is 0 Å². The van der Waals surface area contributed by atoms with E-state index in [0.717, 1.165) is 0 Å². The van der Waals surface area contributed by atoms with Crippen LogP contribution in [0.3, 0.4) is 0 Å². The van der Waals surface area contributed by atoms with Crippen LogP contribution >= 0.6 is 0 Å². The van der Waals surface area contributed by atoms with Crippen molar-refractivity contribution in [1.29, 1.82) is 0 Å². The van der Waals surface area contributed by atoms with E-state index in [-0.39, 0.29) is 4.92 Å². The lowest BCUT2D eigenvalue weighted by atomic mass is 10.3. The average molecular weight is 204 g/mol.